The van der Waals surface area contributed by atoms with Crippen LogP contribution >= 0.6 is 11.3 Å². The highest BCUT2D eigenvalue weighted by Gasteiger charge is 2.24. The molecule has 0 atom stereocenters. The van der Waals surface area contributed by atoms with Gasteiger partial charge in [0, 0.05) is 31.5 Å². The summed E-state index contributed by atoms with van der Waals surface area (Å²) < 4.78 is 10.6. The molecule has 1 aliphatic rings. The van der Waals surface area contributed by atoms with Gasteiger partial charge in [0.15, 0.2) is 5.82 Å². The van der Waals surface area contributed by atoms with Gasteiger partial charge in [-0.05, 0) is 49.9 Å². The third kappa shape index (κ3) is 4.05. The Morgan fingerprint density at radius 1 is 1.12 bits per heavy atom. The molecule has 3 heterocycles. The van der Waals surface area contributed by atoms with Gasteiger partial charge in [0.05, 0.1) is 17.4 Å². The third-order valence-corrected chi connectivity index (χ3v) is 6.87. The number of ether oxygens (including phenoxy) is 2. The summed E-state index contributed by atoms with van der Waals surface area (Å²) >= 11 is 1.28. The van der Waals surface area contributed by atoms with Crippen molar-refractivity contribution in [3.63, 3.8) is 0 Å². The Labute approximate surface area is 190 Å². The van der Waals surface area contributed by atoms with E-state index in [-0.39, 0.29) is 18.4 Å². The zero-order chi connectivity index (χ0) is 22.8. The summed E-state index contributed by atoms with van der Waals surface area (Å²) in [6.07, 6.45) is 2.07. The van der Waals surface area contributed by atoms with Crippen molar-refractivity contribution >= 4 is 39.1 Å². The molecule has 8 nitrogen and oxygen atoms in total. The lowest BCUT2D eigenvalue weighted by Gasteiger charge is -2.18. The second-order valence-electron chi connectivity index (χ2n) is 7.75. The van der Waals surface area contributed by atoms with Crippen molar-refractivity contribution in [2.24, 2.45) is 0 Å². The van der Waals surface area contributed by atoms with E-state index in [4.69, 9.17) is 9.47 Å². The second kappa shape index (κ2) is 9.22. The number of amides is 2. The Bertz CT molecular complexity index is 1180. The number of aromatic nitrogens is 2. The quantitative estimate of drug-likeness (QED) is 0.606. The van der Waals surface area contributed by atoms with Crippen LogP contribution in [0.4, 0.5) is 5.69 Å². The molecule has 1 N–H and O–H groups in total. The van der Waals surface area contributed by atoms with Gasteiger partial charge in [0.2, 0.25) is 5.88 Å². The van der Waals surface area contributed by atoms with Crippen LogP contribution in [0.25, 0.3) is 10.2 Å². The molecule has 1 aliphatic heterocycles. The highest BCUT2D eigenvalue weighted by Crippen LogP contribution is 2.35. The van der Waals surface area contributed by atoms with Crippen molar-refractivity contribution < 1.29 is 19.1 Å². The molecule has 0 unspecified atom stereocenters. The van der Waals surface area contributed by atoms with Crippen LogP contribution in [0.15, 0.2) is 18.2 Å². The van der Waals surface area contributed by atoms with E-state index in [0.29, 0.717) is 32.7 Å². The fourth-order valence-corrected chi connectivity index (χ4v) is 5.06. The number of fused-ring (bicyclic) bond motifs is 1. The first-order chi connectivity index (χ1) is 15.4. The number of carbonyl (C=O) groups is 2. The molecule has 32 heavy (non-hydrogen) atoms. The van der Waals surface area contributed by atoms with E-state index < -0.39 is 0 Å². The SMILES string of the molecule is COCc1nc(OC)c2c(C)c(C(=O)Nc3cccc(C(=O)N4CCCC4)c3C)sc2n1. The van der Waals surface area contributed by atoms with Crippen molar-refractivity contribution in [3.05, 3.63) is 45.6 Å². The molecule has 0 bridgehead atoms. The summed E-state index contributed by atoms with van der Waals surface area (Å²) in [7, 11) is 3.12. The van der Waals surface area contributed by atoms with Gasteiger partial charge in [-0.2, -0.15) is 4.98 Å². The number of hydrogen-bond donors (Lipinski definition) is 1. The molecule has 1 aromatic carbocycles. The van der Waals surface area contributed by atoms with Crippen molar-refractivity contribution in [2.75, 3.05) is 32.6 Å². The van der Waals surface area contributed by atoms with Gasteiger partial charge in [-0.25, -0.2) is 4.98 Å². The number of anilines is 1. The molecule has 168 valence electrons. The first-order valence-electron chi connectivity index (χ1n) is 10.5. The second-order valence-corrected chi connectivity index (χ2v) is 8.75. The van der Waals surface area contributed by atoms with E-state index in [0.717, 1.165) is 42.4 Å². The lowest BCUT2D eigenvalue weighted by atomic mass is 10.1. The van der Waals surface area contributed by atoms with Crippen molar-refractivity contribution in [3.8, 4) is 5.88 Å². The molecule has 9 heteroatoms. The maximum Gasteiger partial charge on any atom is 0.266 e. The summed E-state index contributed by atoms with van der Waals surface area (Å²) in [5.41, 5.74) is 2.76. The fraction of sp³-hybridized carbons (Fsp3) is 0.391. The Morgan fingerprint density at radius 2 is 1.88 bits per heavy atom. The van der Waals surface area contributed by atoms with Gasteiger partial charge in [0.25, 0.3) is 11.8 Å². The van der Waals surface area contributed by atoms with Gasteiger partial charge in [-0.15, -0.1) is 11.3 Å². The van der Waals surface area contributed by atoms with Crippen LogP contribution in [0, 0.1) is 13.8 Å². The monoisotopic (exact) mass is 454 g/mol. The topological polar surface area (TPSA) is 93.7 Å². The molecule has 3 aromatic rings. The number of nitrogens with one attached hydrogen (secondary N) is 1. The third-order valence-electron chi connectivity index (χ3n) is 5.68. The first-order valence-corrected chi connectivity index (χ1v) is 11.3. The van der Waals surface area contributed by atoms with Gasteiger partial charge in [-0.3, -0.25) is 9.59 Å². The van der Waals surface area contributed by atoms with Gasteiger partial charge in [0.1, 0.15) is 11.4 Å². The van der Waals surface area contributed by atoms with E-state index in [1.807, 2.05) is 30.9 Å². The summed E-state index contributed by atoms with van der Waals surface area (Å²) in [5.74, 6) is 0.674. The smallest absolute Gasteiger partial charge is 0.266 e. The minimum absolute atomic E-state index is 0.0137. The molecule has 1 saturated heterocycles. The van der Waals surface area contributed by atoms with E-state index in [1.54, 1.807) is 20.3 Å². The summed E-state index contributed by atoms with van der Waals surface area (Å²) in [4.78, 5) is 38.0. The molecule has 2 aromatic heterocycles. The normalized spacial score (nSPS) is 13.6. The van der Waals surface area contributed by atoms with E-state index >= 15 is 0 Å². The van der Waals surface area contributed by atoms with Crippen LogP contribution in [0.5, 0.6) is 5.88 Å². The average Bonchev–Trinajstić information content (AvgIpc) is 3.43. The van der Waals surface area contributed by atoms with Crippen LogP contribution in [0.3, 0.4) is 0 Å². The highest BCUT2D eigenvalue weighted by molar-refractivity contribution is 7.20. The molecular formula is C23H26N4O4S. The molecule has 0 saturated carbocycles. The molecule has 4 rings (SSSR count). The van der Waals surface area contributed by atoms with Gasteiger partial charge in [-0.1, -0.05) is 6.07 Å². The predicted molar refractivity (Wildman–Crippen MR) is 124 cm³/mol. The van der Waals surface area contributed by atoms with E-state index in [9.17, 15) is 9.59 Å². The number of methoxy groups -OCH3 is 2. The number of benzene rings is 1. The molecule has 0 spiro atoms. The maximum atomic E-state index is 13.2. The average molecular weight is 455 g/mol. The van der Waals surface area contributed by atoms with Crippen molar-refractivity contribution in [2.45, 2.75) is 33.3 Å². The molecule has 1 fully saturated rings. The number of thiophene rings is 1. The van der Waals surface area contributed by atoms with Crippen LogP contribution in [-0.2, 0) is 11.3 Å². The summed E-state index contributed by atoms with van der Waals surface area (Å²) in [6.45, 7) is 5.54. The zero-order valence-electron chi connectivity index (χ0n) is 18.7. The number of nitrogens with zero attached hydrogens (tertiary/aromatic N) is 3. The number of hydrogen-bond acceptors (Lipinski definition) is 7. The van der Waals surface area contributed by atoms with Crippen LogP contribution in [0.2, 0.25) is 0 Å². The van der Waals surface area contributed by atoms with Crippen molar-refractivity contribution in [1.29, 1.82) is 0 Å². The lowest BCUT2D eigenvalue weighted by Crippen LogP contribution is -2.28. The number of rotatable bonds is 6. The minimum atomic E-state index is -0.255. The lowest BCUT2D eigenvalue weighted by molar-refractivity contribution is 0.0791. The standard InChI is InChI=1S/C23H26N4O4S/c1-13-15(23(29)27-10-5-6-11-27)8-7-9-16(13)24-20(28)19-14(2)18-21(31-4)25-17(12-30-3)26-22(18)32-19/h7-9H,5-6,10-12H2,1-4H3,(H,24,28). The number of likely N-dealkylation sites (tertiary alicyclic amines) is 1. The van der Waals surface area contributed by atoms with E-state index in [2.05, 4.69) is 15.3 Å². The molecule has 0 aliphatic carbocycles. The molecular weight excluding hydrogens is 428 g/mol. The van der Waals surface area contributed by atoms with Crippen LogP contribution in [-0.4, -0.2) is 54.0 Å². The number of carbonyl (C=O) groups excluding carboxylic acids is 2. The number of aryl methyl sites for hydroxylation is 1. The van der Waals surface area contributed by atoms with Gasteiger partial charge >= 0.3 is 0 Å². The highest BCUT2D eigenvalue weighted by atomic mass is 32.1. The summed E-state index contributed by atoms with van der Waals surface area (Å²) in [5, 5.41) is 3.70. The predicted octanol–water partition coefficient (Wildman–Crippen LogP) is 3.95. The first kappa shape index (κ1) is 22.2. The van der Waals surface area contributed by atoms with E-state index in [1.165, 1.54) is 11.3 Å². The Kier molecular flexibility index (Phi) is 6.38. The summed E-state index contributed by atoms with van der Waals surface area (Å²) in [6, 6.07) is 5.43. The molecule has 2 amide bonds. The Balaban J connectivity index is 1.65. The van der Waals surface area contributed by atoms with Gasteiger partial charge < -0.3 is 19.7 Å². The van der Waals surface area contributed by atoms with Crippen molar-refractivity contribution in [1.82, 2.24) is 14.9 Å². The maximum absolute atomic E-state index is 13.2. The Hall–Kier alpha value is -3.04. The minimum Gasteiger partial charge on any atom is -0.480 e. The fourth-order valence-electron chi connectivity index (χ4n) is 3.97. The zero-order valence-corrected chi connectivity index (χ0v) is 19.5. The van der Waals surface area contributed by atoms with Crippen LogP contribution in [0.1, 0.15) is 49.8 Å². The van der Waals surface area contributed by atoms with Crippen LogP contribution < -0.4 is 10.1 Å². The largest absolute Gasteiger partial charge is 0.480 e. The Morgan fingerprint density at radius 3 is 2.56 bits per heavy atom. The molecule has 0 radical (unpaired) electrons.